The summed E-state index contributed by atoms with van der Waals surface area (Å²) in [7, 11) is 0. The number of rotatable bonds is 6. The zero-order chi connectivity index (χ0) is 12.1. The van der Waals surface area contributed by atoms with Crippen LogP contribution in [0.15, 0.2) is 0 Å². The molecular weight excluding hydrogens is 186 g/mol. The number of ether oxygens (including phenoxy) is 1. The maximum Gasteiger partial charge on any atom is 0.0544 e. The molecule has 1 N–H and O–H groups in total. The van der Waals surface area contributed by atoms with E-state index in [2.05, 4.69) is 53.8 Å². The summed E-state index contributed by atoms with van der Waals surface area (Å²) < 4.78 is 5.78. The van der Waals surface area contributed by atoms with Gasteiger partial charge in [0.25, 0.3) is 0 Å². The average Bonchev–Trinajstić information content (AvgIpc) is 2.10. The minimum absolute atomic E-state index is 0.188. The van der Waals surface area contributed by atoms with E-state index in [1.165, 1.54) is 0 Å². The summed E-state index contributed by atoms with van der Waals surface area (Å²) in [6.45, 7) is 17.2. The summed E-state index contributed by atoms with van der Waals surface area (Å²) in [5.41, 5.74) is 0.393. The van der Waals surface area contributed by atoms with Crippen LogP contribution in [0.5, 0.6) is 0 Å². The molecule has 1 atom stereocenters. The van der Waals surface area contributed by atoms with Crippen LogP contribution in [-0.2, 0) is 4.74 Å². The molecule has 0 amide bonds. The van der Waals surface area contributed by atoms with Crippen LogP contribution in [-0.4, -0.2) is 24.8 Å². The van der Waals surface area contributed by atoms with Crippen LogP contribution in [0, 0.1) is 5.41 Å². The first-order valence-electron chi connectivity index (χ1n) is 6.03. The van der Waals surface area contributed by atoms with E-state index in [1.807, 2.05) is 0 Å². The van der Waals surface area contributed by atoms with Gasteiger partial charge in [0.1, 0.15) is 0 Å². The Kier molecular flexibility index (Phi) is 5.82. The maximum absolute atomic E-state index is 5.78. The lowest BCUT2D eigenvalue weighted by Crippen LogP contribution is -2.43. The van der Waals surface area contributed by atoms with Crippen molar-refractivity contribution in [3.63, 3.8) is 0 Å². The molecule has 0 rings (SSSR count). The van der Waals surface area contributed by atoms with Crippen molar-refractivity contribution in [3.8, 4) is 0 Å². The molecule has 15 heavy (non-hydrogen) atoms. The van der Waals surface area contributed by atoms with E-state index < -0.39 is 0 Å². The van der Waals surface area contributed by atoms with Gasteiger partial charge in [-0.3, -0.25) is 0 Å². The smallest absolute Gasteiger partial charge is 0.0544 e. The van der Waals surface area contributed by atoms with E-state index in [0.29, 0.717) is 6.10 Å². The van der Waals surface area contributed by atoms with Gasteiger partial charge in [-0.25, -0.2) is 0 Å². The maximum atomic E-state index is 5.78. The number of nitrogens with one attached hydrogen (secondary N) is 1. The van der Waals surface area contributed by atoms with Crippen LogP contribution >= 0.6 is 0 Å². The van der Waals surface area contributed by atoms with Crippen molar-refractivity contribution in [2.24, 2.45) is 5.41 Å². The van der Waals surface area contributed by atoms with Gasteiger partial charge < -0.3 is 10.1 Å². The van der Waals surface area contributed by atoms with E-state index in [9.17, 15) is 0 Å². The summed E-state index contributed by atoms with van der Waals surface area (Å²) in [5.74, 6) is 0. The molecule has 0 fully saturated rings. The van der Waals surface area contributed by atoms with Gasteiger partial charge in [0, 0.05) is 17.5 Å². The van der Waals surface area contributed by atoms with E-state index in [0.717, 1.165) is 19.6 Å². The second-order valence-corrected chi connectivity index (χ2v) is 6.30. The van der Waals surface area contributed by atoms with Crippen molar-refractivity contribution in [3.05, 3.63) is 0 Å². The SMILES string of the molecule is CCC(C)OCC(C)(C)CNC(C)(C)C. The molecule has 2 nitrogen and oxygen atoms in total. The Balaban J connectivity index is 3.86. The van der Waals surface area contributed by atoms with Gasteiger partial charge in [0.05, 0.1) is 12.7 Å². The van der Waals surface area contributed by atoms with E-state index >= 15 is 0 Å². The lowest BCUT2D eigenvalue weighted by Gasteiger charge is -2.31. The molecule has 0 spiro atoms. The van der Waals surface area contributed by atoms with Crippen molar-refractivity contribution in [2.75, 3.05) is 13.2 Å². The Labute approximate surface area is 95.8 Å². The predicted octanol–water partition coefficient (Wildman–Crippen LogP) is 3.22. The summed E-state index contributed by atoms with van der Waals surface area (Å²) in [4.78, 5) is 0. The third-order valence-corrected chi connectivity index (χ3v) is 2.43. The molecule has 0 heterocycles. The van der Waals surface area contributed by atoms with Crippen LogP contribution in [0.4, 0.5) is 0 Å². The van der Waals surface area contributed by atoms with Gasteiger partial charge in [-0.1, -0.05) is 20.8 Å². The molecule has 92 valence electrons. The van der Waals surface area contributed by atoms with Crippen molar-refractivity contribution < 1.29 is 4.74 Å². The molecule has 0 radical (unpaired) electrons. The topological polar surface area (TPSA) is 21.3 Å². The van der Waals surface area contributed by atoms with Crippen LogP contribution in [0.25, 0.3) is 0 Å². The fraction of sp³-hybridized carbons (Fsp3) is 1.00. The highest BCUT2D eigenvalue weighted by molar-refractivity contribution is 4.78. The standard InChI is InChI=1S/C13H29NO/c1-8-11(2)15-10-13(6,7)9-14-12(3,4)5/h11,14H,8-10H2,1-7H3. The van der Waals surface area contributed by atoms with Gasteiger partial charge in [-0.15, -0.1) is 0 Å². The number of hydrogen-bond donors (Lipinski definition) is 1. The Morgan fingerprint density at radius 1 is 1.13 bits per heavy atom. The lowest BCUT2D eigenvalue weighted by atomic mass is 9.93. The highest BCUT2D eigenvalue weighted by Crippen LogP contribution is 2.17. The molecule has 0 bridgehead atoms. The summed E-state index contributed by atoms with van der Waals surface area (Å²) >= 11 is 0. The van der Waals surface area contributed by atoms with Crippen molar-refractivity contribution in [1.29, 1.82) is 0 Å². The normalized spacial score (nSPS) is 15.4. The van der Waals surface area contributed by atoms with Crippen LogP contribution in [0.1, 0.15) is 54.9 Å². The van der Waals surface area contributed by atoms with Crippen LogP contribution in [0.3, 0.4) is 0 Å². The Hall–Kier alpha value is -0.0800. The van der Waals surface area contributed by atoms with Gasteiger partial charge in [-0.2, -0.15) is 0 Å². The fourth-order valence-corrected chi connectivity index (χ4v) is 1.04. The molecule has 0 saturated carbocycles. The molecular formula is C13H29NO. The minimum atomic E-state index is 0.188. The first-order valence-corrected chi connectivity index (χ1v) is 6.03. The number of hydrogen-bond acceptors (Lipinski definition) is 2. The monoisotopic (exact) mass is 215 g/mol. The molecule has 0 aliphatic carbocycles. The fourth-order valence-electron chi connectivity index (χ4n) is 1.04. The van der Waals surface area contributed by atoms with Gasteiger partial charge in [0.2, 0.25) is 0 Å². The van der Waals surface area contributed by atoms with Crippen LogP contribution in [0.2, 0.25) is 0 Å². The minimum Gasteiger partial charge on any atom is -0.378 e. The first kappa shape index (κ1) is 14.9. The average molecular weight is 215 g/mol. The Bertz CT molecular complexity index is 170. The molecule has 0 aliphatic rings. The predicted molar refractivity (Wildman–Crippen MR) is 67.2 cm³/mol. The Morgan fingerprint density at radius 3 is 2.07 bits per heavy atom. The van der Waals surface area contributed by atoms with Crippen molar-refractivity contribution >= 4 is 0 Å². The van der Waals surface area contributed by atoms with Crippen molar-refractivity contribution in [2.45, 2.75) is 66.5 Å². The van der Waals surface area contributed by atoms with Gasteiger partial charge in [0.15, 0.2) is 0 Å². The largest absolute Gasteiger partial charge is 0.378 e. The van der Waals surface area contributed by atoms with E-state index in [-0.39, 0.29) is 11.0 Å². The highest BCUT2D eigenvalue weighted by Gasteiger charge is 2.21. The van der Waals surface area contributed by atoms with Crippen LogP contribution < -0.4 is 5.32 Å². The van der Waals surface area contributed by atoms with Gasteiger partial charge >= 0.3 is 0 Å². The lowest BCUT2D eigenvalue weighted by molar-refractivity contribution is 0.00901. The summed E-state index contributed by atoms with van der Waals surface area (Å²) in [6, 6.07) is 0. The molecule has 0 saturated heterocycles. The highest BCUT2D eigenvalue weighted by atomic mass is 16.5. The third kappa shape index (κ3) is 8.88. The first-order chi connectivity index (χ1) is 6.66. The molecule has 2 heteroatoms. The molecule has 0 aromatic carbocycles. The van der Waals surface area contributed by atoms with Gasteiger partial charge in [-0.05, 0) is 34.1 Å². The molecule has 0 aliphatic heterocycles. The van der Waals surface area contributed by atoms with Crippen molar-refractivity contribution in [1.82, 2.24) is 5.32 Å². The quantitative estimate of drug-likeness (QED) is 0.734. The molecule has 0 aromatic rings. The summed E-state index contributed by atoms with van der Waals surface area (Å²) in [6.07, 6.45) is 1.46. The van der Waals surface area contributed by atoms with E-state index in [1.54, 1.807) is 0 Å². The second kappa shape index (κ2) is 5.86. The molecule has 0 aromatic heterocycles. The zero-order valence-corrected chi connectivity index (χ0v) is 11.6. The zero-order valence-electron chi connectivity index (χ0n) is 11.6. The molecule has 1 unspecified atom stereocenters. The third-order valence-electron chi connectivity index (χ3n) is 2.43. The Morgan fingerprint density at radius 2 is 1.67 bits per heavy atom. The van der Waals surface area contributed by atoms with E-state index in [4.69, 9.17) is 4.74 Å². The summed E-state index contributed by atoms with van der Waals surface area (Å²) in [5, 5.41) is 3.52. The second-order valence-electron chi connectivity index (χ2n) is 6.30.